The third-order valence-electron chi connectivity index (χ3n) is 14.8. The van der Waals surface area contributed by atoms with Crippen LogP contribution in [-0.2, 0) is 16.2 Å². The molecule has 61 heavy (non-hydrogen) atoms. The van der Waals surface area contributed by atoms with E-state index in [2.05, 4.69) is 227 Å². The Balaban J connectivity index is 1.27. The van der Waals surface area contributed by atoms with Gasteiger partial charge in [-0.3, -0.25) is 0 Å². The summed E-state index contributed by atoms with van der Waals surface area (Å²) in [6.45, 7) is 16.6. The summed E-state index contributed by atoms with van der Waals surface area (Å²) in [5, 5.41) is 0. The second-order valence-corrected chi connectivity index (χ2v) is 20.3. The van der Waals surface area contributed by atoms with Crippen molar-refractivity contribution in [2.75, 3.05) is 14.7 Å². The van der Waals surface area contributed by atoms with Crippen molar-refractivity contribution in [1.29, 1.82) is 0 Å². The van der Waals surface area contributed by atoms with Gasteiger partial charge in [0.1, 0.15) is 0 Å². The summed E-state index contributed by atoms with van der Waals surface area (Å²) in [6.07, 6.45) is 4.64. The van der Waals surface area contributed by atoms with Crippen molar-refractivity contribution in [3.8, 4) is 0 Å². The van der Waals surface area contributed by atoms with Crippen molar-refractivity contribution >= 4 is 68.6 Å². The van der Waals surface area contributed by atoms with Crippen molar-refractivity contribution in [3.05, 3.63) is 186 Å². The highest BCUT2D eigenvalue weighted by molar-refractivity contribution is 7.00. The van der Waals surface area contributed by atoms with Gasteiger partial charge in [0.05, 0.1) is 5.54 Å². The molecular formula is C57H56BN3. The zero-order valence-corrected chi connectivity index (χ0v) is 36.8. The van der Waals surface area contributed by atoms with E-state index >= 15 is 0 Å². The quantitative estimate of drug-likeness (QED) is 0.164. The predicted octanol–water partition coefficient (Wildman–Crippen LogP) is 13.1. The highest BCUT2D eigenvalue weighted by atomic mass is 15.3. The monoisotopic (exact) mass is 793 g/mol. The molecule has 1 fully saturated rings. The summed E-state index contributed by atoms with van der Waals surface area (Å²) in [5.74, 6) is 0. The summed E-state index contributed by atoms with van der Waals surface area (Å²) in [4.78, 5) is 7.97. The van der Waals surface area contributed by atoms with Crippen molar-refractivity contribution in [1.82, 2.24) is 0 Å². The first-order valence-electron chi connectivity index (χ1n) is 22.5. The standard InChI is InChI=1S/C57H56BN3/c1-54(2,3)40-23-20-26-43(35-40)60-50-36-41(55(4,5)6)31-32-47(50)58-46-28-15-17-30-49(46)59(42-24-12-9-13-25-42)51-37-44(38-52(60)53(51)58)61-48-29-16-14-27-45(48)57(39-21-10-8-11-22-39)34-19-18-33-56(57,61)7/h8-17,20-32,35-38H,18-19,33-34H2,1-7H3. The van der Waals surface area contributed by atoms with E-state index in [4.69, 9.17) is 0 Å². The van der Waals surface area contributed by atoms with Crippen molar-refractivity contribution in [2.24, 2.45) is 0 Å². The van der Waals surface area contributed by atoms with Crippen LogP contribution in [0.15, 0.2) is 164 Å². The molecule has 0 N–H and O–H groups in total. The van der Waals surface area contributed by atoms with Crippen molar-refractivity contribution in [2.45, 2.75) is 95.9 Å². The number of rotatable bonds is 4. The lowest BCUT2D eigenvalue weighted by Gasteiger charge is -2.53. The highest BCUT2D eigenvalue weighted by Crippen LogP contribution is 2.64. The van der Waals surface area contributed by atoms with Crippen LogP contribution in [0.25, 0.3) is 0 Å². The maximum Gasteiger partial charge on any atom is 0.252 e. The first-order valence-corrected chi connectivity index (χ1v) is 22.5. The molecule has 3 nitrogen and oxygen atoms in total. The molecule has 0 spiro atoms. The fraction of sp³-hybridized carbons (Fsp3) is 0.263. The number of hydrogen-bond acceptors (Lipinski definition) is 3. The second kappa shape index (κ2) is 13.5. The number of nitrogens with zero attached hydrogens (tertiary/aromatic N) is 3. The summed E-state index contributed by atoms with van der Waals surface area (Å²) in [6, 6.07) is 62.9. The van der Waals surface area contributed by atoms with E-state index in [1.54, 1.807) is 0 Å². The van der Waals surface area contributed by atoms with Gasteiger partial charge in [-0.2, -0.15) is 0 Å². The minimum absolute atomic E-state index is 0.00957. The molecule has 4 heteroatoms. The molecule has 3 aliphatic heterocycles. The second-order valence-electron chi connectivity index (χ2n) is 20.3. The van der Waals surface area contributed by atoms with Gasteiger partial charge in [-0.15, -0.1) is 0 Å². The van der Waals surface area contributed by atoms with Gasteiger partial charge in [-0.25, -0.2) is 0 Å². The van der Waals surface area contributed by atoms with Crippen LogP contribution in [-0.4, -0.2) is 12.3 Å². The minimum Gasteiger partial charge on any atom is -0.334 e. The van der Waals surface area contributed by atoms with Crippen LogP contribution in [0, 0.1) is 0 Å². The zero-order chi connectivity index (χ0) is 41.9. The number of para-hydroxylation sites is 3. The Labute approximate surface area is 363 Å². The van der Waals surface area contributed by atoms with Gasteiger partial charge in [0.15, 0.2) is 0 Å². The fourth-order valence-corrected chi connectivity index (χ4v) is 11.9. The lowest BCUT2D eigenvalue weighted by Crippen LogP contribution is -2.61. The van der Waals surface area contributed by atoms with Gasteiger partial charge in [0, 0.05) is 50.9 Å². The van der Waals surface area contributed by atoms with Crippen LogP contribution in [0.4, 0.5) is 45.5 Å². The van der Waals surface area contributed by atoms with Crippen molar-refractivity contribution in [3.63, 3.8) is 0 Å². The Morgan fingerprint density at radius 3 is 1.75 bits per heavy atom. The lowest BCUT2D eigenvalue weighted by molar-refractivity contribution is 0.215. The van der Waals surface area contributed by atoms with Gasteiger partial charge in [0.2, 0.25) is 0 Å². The molecule has 0 amide bonds. The third kappa shape index (κ3) is 5.50. The normalized spacial score (nSPS) is 20.1. The summed E-state index contributed by atoms with van der Waals surface area (Å²) >= 11 is 0. The Morgan fingerprint density at radius 2 is 1.03 bits per heavy atom. The number of hydrogen-bond donors (Lipinski definition) is 0. The van der Waals surface area contributed by atoms with E-state index < -0.39 is 0 Å². The van der Waals surface area contributed by atoms with Gasteiger partial charge < -0.3 is 14.7 Å². The lowest BCUT2D eigenvalue weighted by atomic mass is 9.33. The van der Waals surface area contributed by atoms with Gasteiger partial charge in [0.25, 0.3) is 6.71 Å². The van der Waals surface area contributed by atoms with E-state index in [0.717, 1.165) is 12.8 Å². The molecule has 3 heterocycles. The number of benzene rings is 7. The maximum atomic E-state index is 2.79. The SMILES string of the molecule is CC(C)(C)c1cccc(N2c3cc(C(C)(C)C)ccc3B3c4ccccc4N(c4ccccc4)c4cc(N5c6ccccc6C6(c7ccccc7)CCCCC56C)cc2c43)c1. The van der Waals surface area contributed by atoms with Crippen LogP contribution in [0.5, 0.6) is 0 Å². The average molecular weight is 794 g/mol. The molecule has 1 aliphatic carbocycles. The molecule has 0 bridgehead atoms. The summed E-state index contributed by atoms with van der Waals surface area (Å²) in [7, 11) is 0. The van der Waals surface area contributed by atoms with Crippen LogP contribution >= 0.6 is 0 Å². The summed E-state index contributed by atoms with van der Waals surface area (Å²) in [5.41, 5.74) is 19.2. The van der Waals surface area contributed by atoms with E-state index in [0.29, 0.717) is 0 Å². The van der Waals surface area contributed by atoms with Gasteiger partial charge in [-0.1, -0.05) is 164 Å². The Hall–Kier alpha value is -6.00. The fourth-order valence-electron chi connectivity index (χ4n) is 11.9. The molecular weight excluding hydrogens is 737 g/mol. The molecule has 4 aliphatic rings. The highest BCUT2D eigenvalue weighted by Gasteiger charge is 2.61. The molecule has 0 saturated heterocycles. The van der Waals surface area contributed by atoms with E-state index in [-0.39, 0.29) is 28.5 Å². The van der Waals surface area contributed by atoms with E-state index in [9.17, 15) is 0 Å². The van der Waals surface area contributed by atoms with Crippen LogP contribution in [0.2, 0.25) is 0 Å². The Bertz CT molecular complexity index is 2830. The molecule has 0 radical (unpaired) electrons. The minimum atomic E-state index is -0.205. The molecule has 302 valence electrons. The smallest absolute Gasteiger partial charge is 0.252 e. The Kier molecular flexibility index (Phi) is 8.40. The van der Waals surface area contributed by atoms with E-state index in [1.165, 1.54) is 97.0 Å². The predicted molar refractivity (Wildman–Crippen MR) is 261 cm³/mol. The molecule has 1 saturated carbocycles. The Morgan fingerprint density at radius 1 is 0.459 bits per heavy atom. The van der Waals surface area contributed by atoms with Crippen LogP contribution in [0.1, 0.15) is 96.4 Å². The molecule has 0 aromatic heterocycles. The number of anilines is 8. The summed E-state index contributed by atoms with van der Waals surface area (Å²) < 4.78 is 0. The number of fused-ring (bicyclic) bond motifs is 7. The molecule has 7 aromatic rings. The van der Waals surface area contributed by atoms with Gasteiger partial charge in [-0.05, 0) is 124 Å². The molecule has 11 rings (SSSR count). The average Bonchev–Trinajstić information content (AvgIpc) is 3.51. The maximum absolute atomic E-state index is 2.79. The molecule has 2 unspecified atom stereocenters. The van der Waals surface area contributed by atoms with Gasteiger partial charge >= 0.3 is 0 Å². The van der Waals surface area contributed by atoms with Crippen LogP contribution < -0.4 is 31.1 Å². The zero-order valence-electron chi connectivity index (χ0n) is 36.8. The van der Waals surface area contributed by atoms with Crippen molar-refractivity contribution < 1.29 is 0 Å². The molecule has 2 atom stereocenters. The third-order valence-corrected chi connectivity index (χ3v) is 14.8. The first-order chi connectivity index (χ1) is 29.4. The largest absolute Gasteiger partial charge is 0.334 e. The first kappa shape index (κ1) is 38.0. The van der Waals surface area contributed by atoms with E-state index in [1.807, 2.05) is 0 Å². The topological polar surface area (TPSA) is 9.72 Å². The molecule has 7 aromatic carbocycles. The van der Waals surface area contributed by atoms with Crippen LogP contribution in [0.3, 0.4) is 0 Å².